The Kier molecular flexibility index (Phi) is 4.11. The average molecular weight is 274 g/mol. The third-order valence-electron chi connectivity index (χ3n) is 3.62. The van der Waals surface area contributed by atoms with Gasteiger partial charge in [0, 0.05) is 18.8 Å². The van der Waals surface area contributed by atoms with Gasteiger partial charge in [-0.05, 0) is 43.5 Å². The maximum Gasteiger partial charge on any atom is 0.122 e. The lowest BCUT2D eigenvalue weighted by atomic mass is 9.94. The van der Waals surface area contributed by atoms with Crippen molar-refractivity contribution in [1.29, 1.82) is 0 Å². The highest BCUT2D eigenvalue weighted by Crippen LogP contribution is 2.30. The number of ether oxygens (including phenoxy) is 1. The van der Waals surface area contributed by atoms with Crippen LogP contribution in [0.5, 0.6) is 5.75 Å². The fraction of sp³-hybridized carbons (Fsp3) is 0.400. The summed E-state index contributed by atoms with van der Waals surface area (Å²) >= 11 is 0. The Hall–Kier alpha value is -1.85. The Bertz CT molecular complexity index is 619. The number of nitrogens with one attached hydrogen (secondary N) is 1. The van der Waals surface area contributed by atoms with E-state index in [1.165, 1.54) is 0 Å². The van der Waals surface area contributed by atoms with Crippen LogP contribution in [0.3, 0.4) is 0 Å². The molecule has 1 atom stereocenters. The number of nitrogens with zero attached hydrogens (tertiary/aromatic N) is 2. The Morgan fingerprint density at radius 3 is 2.40 bits per heavy atom. The van der Waals surface area contributed by atoms with E-state index in [1.807, 2.05) is 33.2 Å². The number of aromatic nitrogens is 2. The summed E-state index contributed by atoms with van der Waals surface area (Å²) in [6, 6.07) is 4.08. The summed E-state index contributed by atoms with van der Waals surface area (Å²) in [7, 11) is 3.60. The minimum atomic E-state index is -0.0756. The van der Waals surface area contributed by atoms with Gasteiger partial charge in [-0.3, -0.25) is 10.5 Å². The molecule has 0 aliphatic rings. The maximum atomic E-state index is 5.79. The van der Waals surface area contributed by atoms with Gasteiger partial charge in [-0.15, -0.1) is 0 Å². The Labute approximate surface area is 119 Å². The van der Waals surface area contributed by atoms with Crippen molar-refractivity contribution in [2.24, 2.45) is 12.9 Å². The molecule has 1 heterocycles. The molecule has 20 heavy (non-hydrogen) atoms. The van der Waals surface area contributed by atoms with E-state index in [0.717, 1.165) is 33.7 Å². The molecule has 0 aliphatic heterocycles. The van der Waals surface area contributed by atoms with E-state index in [-0.39, 0.29) is 6.04 Å². The predicted octanol–water partition coefficient (Wildman–Crippen LogP) is 1.91. The Morgan fingerprint density at radius 2 is 1.90 bits per heavy atom. The monoisotopic (exact) mass is 274 g/mol. The number of hydrazine groups is 1. The summed E-state index contributed by atoms with van der Waals surface area (Å²) < 4.78 is 7.17. The van der Waals surface area contributed by atoms with Crippen LogP contribution in [0.15, 0.2) is 18.3 Å². The molecule has 3 N–H and O–H groups in total. The SMILES string of the molecule is COc1cc(C)c(C(NN)c2cn(C)nc2C)cc1C. The third kappa shape index (κ3) is 2.55. The van der Waals surface area contributed by atoms with E-state index in [9.17, 15) is 0 Å². The van der Waals surface area contributed by atoms with Crippen LogP contribution in [0.25, 0.3) is 0 Å². The van der Waals surface area contributed by atoms with E-state index < -0.39 is 0 Å². The van der Waals surface area contributed by atoms with Crippen molar-refractivity contribution in [1.82, 2.24) is 15.2 Å². The van der Waals surface area contributed by atoms with Crippen molar-refractivity contribution in [3.63, 3.8) is 0 Å². The molecule has 2 rings (SSSR count). The fourth-order valence-electron chi connectivity index (χ4n) is 2.59. The molecule has 0 bridgehead atoms. The number of benzene rings is 1. The first-order valence-electron chi connectivity index (χ1n) is 6.59. The zero-order chi connectivity index (χ0) is 14.9. The topological polar surface area (TPSA) is 65.1 Å². The van der Waals surface area contributed by atoms with Crippen LogP contribution in [0.2, 0.25) is 0 Å². The van der Waals surface area contributed by atoms with Gasteiger partial charge in [0.15, 0.2) is 0 Å². The van der Waals surface area contributed by atoms with Crippen LogP contribution in [0.4, 0.5) is 0 Å². The molecule has 5 heteroatoms. The van der Waals surface area contributed by atoms with E-state index in [4.69, 9.17) is 10.6 Å². The number of aryl methyl sites for hydroxylation is 4. The molecule has 0 spiro atoms. The minimum Gasteiger partial charge on any atom is -0.496 e. The molecule has 0 aliphatic carbocycles. The summed E-state index contributed by atoms with van der Waals surface area (Å²) in [5.41, 5.74) is 8.33. The quantitative estimate of drug-likeness (QED) is 0.660. The molecule has 0 amide bonds. The second kappa shape index (κ2) is 5.64. The molecular formula is C15H22N4O. The van der Waals surface area contributed by atoms with Crippen molar-refractivity contribution in [3.05, 3.63) is 46.3 Å². The molecule has 1 aromatic heterocycles. The molecule has 0 saturated carbocycles. The van der Waals surface area contributed by atoms with Gasteiger partial charge in [0.25, 0.3) is 0 Å². The van der Waals surface area contributed by atoms with Crippen LogP contribution < -0.4 is 16.0 Å². The second-order valence-electron chi connectivity index (χ2n) is 5.12. The van der Waals surface area contributed by atoms with Crippen molar-refractivity contribution in [2.75, 3.05) is 7.11 Å². The van der Waals surface area contributed by atoms with Gasteiger partial charge in [-0.1, -0.05) is 6.07 Å². The summed E-state index contributed by atoms with van der Waals surface area (Å²) in [6.45, 7) is 6.09. The highest BCUT2D eigenvalue weighted by molar-refractivity contribution is 5.46. The fourth-order valence-corrected chi connectivity index (χ4v) is 2.59. The lowest BCUT2D eigenvalue weighted by Gasteiger charge is -2.20. The van der Waals surface area contributed by atoms with Crippen molar-refractivity contribution in [2.45, 2.75) is 26.8 Å². The van der Waals surface area contributed by atoms with Gasteiger partial charge in [-0.2, -0.15) is 5.10 Å². The van der Waals surface area contributed by atoms with Crippen molar-refractivity contribution >= 4 is 0 Å². The summed E-state index contributed by atoms with van der Waals surface area (Å²) in [5.74, 6) is 6.68. The normalized spacial score (nSPS) is 12.5. The van der Waals surface area contributed by atoms with Gasteiger partial charge in [0.2, 0.25) is 0 Å². The molecular weight excluding hydrogens is 252 g/mol. The van der Waals surface area contributed by atoms with Gasteiger partial charge >= 0.3 is 0 Å². The molecule has 2 aromatic rings. The van der Waals surface area contributed by atoms with Crippen LogP contribution in [0.1, 0.15) is 34.0 Å². The van der Waals surface area contributed by atoms with Gasteiger partial charge in [0.05, 0.1) is 18.8 Å². The zero-order valence-corrected chi connectivity index (χ0v) is 12.7. The van der Waals surface area contributed by atoms with Crippen molar-refractivity contribution in [3.8, 4) is 5.75 Å². The first-order chi connectivity index (χ1) is 9.47. The molecule has 1 unspecified atom stereocenters. The third-order valence-corrected chi connectivity index (χ3v) is 3.62. The lowest BCUT2D eigenvalue weighted by molar-refractivity contribution is 0.411. The molecule has 0 fully saturated rings. The zero-order valence-electron chi connectivity index (χ0n) is 12.7. The average Bonchev–Trinajstić information content (AvgIpc) is 2.73. The summed E-state index contributed by atoms with van der Waals surface area (Å²) in [6.07, 6.45) is 2.00. The molecule has 5 nitrogen and oxygen atoms in total. The number of hydrogen-bond donors (Lipinski definition) is 2. The first-order valence-corrected chi connectivity index (χ1v) is 6.59. The van der Waals surface area contributed by atoms with Crippen molar-refractivity contribution < 1.29 is 4.74 Å². The number of methoxy groups -OCH3 is 1. The summed E-state index contributed by atoms with van der Waals surface area (Å²) in [4.78, 5) is 0. The first kappa shape index (κ1) is 14.6. The second-order valence-corrected chi connectivity index (χ2v) is 5.12. The molecule has 0 saturated heterocycles. The standard InChI is InChI=1S/C15H22N4O/c1-9-7-14(20-5)10(2)6-12(9)15(17-16)13-8-19(4)18-11(13)3/h6-8,15,17H,16H2,1-5H3. The number of hydrogen-bond acceptors (Lipinski definition) is 4. The molecule has 1 aromatic carbocycles. The Morgan fingerprint density at radius 1 is 1.20 bits per heavy atom. The summed E-state index contributed by atoms with van der Waals surface area (Å²) in [5, 5.41) is 4.39. The molecule has 108 valence electrons. The van der Waals surface area contributed by atoms with Crippen LogP contribution in [-0.4, -0.2) is 16.9 Å². The highest BCUT2D eigenvalue weighted by atomic mass is 16.5. The predicted molar refractivity (Wildman–Crippen MR) is 79.6 cm³/mol. The van der Waals surface area contributed by atoms with E-state index in [2.05, 4.69) is 23.5 Å². The Balaban J connectivity index is 2.52. The van der Waals surface area contributed by atoms with Gasteiger partial charge < -0.3 is 4.74 Å². The van der Waals surface area contributed by atoms with Gasteiger partial charge in [0.1, 0.15) is 5.75 Å². The smallest absolute Gasteiger partial charge is 0.122 e. The minimum absolute atomic E-state index is 0.0756. The van der Waals surface area contributed by atoms with Crippen LogP contribution in [-0.2, 0) is 7.05 Å². The van der Waals surface area contributed by atoms with Crippen LogP contribution in [0, 0.1) is 20.8 Å². The largest absolute Gasteiger partial charge is 0.496 e. The number of nitrogens with two attached hydrogens (primary N) is 1. The van der Waals surface area contributed by atoms with Gasteiger partial charge in [-0.25, -0.2) is 5.43 Å². The lowest BCUT2D eigenvalue weighted by Crippen LogP contribution is -2.29. The molecule has 0 radical (unpaired) electrons. The highest BCUT2D eigenvalue weighted by Gasteiger charge is 2.20. The van der Waals surface area contributed by atoms with E-state index in [0.29, 0.717) is 0 Å². The van der Waals surface area contributed by atoms with E-state index in [1.54, 1.807) is 11.8 Å². The maximum absolute atomic E-state index is 5.79. The number of rotatable bonds is 4. The van der Waals surface area contributed by atoms with E-state index >= 15 is 0 Å². The van der Waals surface area contributed by atoms with Crippen LogP contribution >= 0.6 is 0 Å².